The zero-order chi connectivity index (χ0) is 15.1. The first-order valence-electron chi connectivity index (χ1n) is 5.50. The van der Waals surface area contributed by atoms with Crippen LogP contribution in [0.15, 0.2) is 21.9 Å². The summed E-state index contributed by atoms with van der Waals surface area (Å²) in [4.78, 5) is 24.1. The highest BCUT2D eigenvalue weighted by atomic mass is 19.3. The van der Waals surface area contributed by atoms with Crippen LogP contribution in [-0.4, -0.2) is 50.7 Å². The molecule has 1 fully saturated rings. The highest BCUT2D eigenvalue weighted by molar-refractivity contribution is 5.06. The molecule has 7 nitrogen and oxygen atoms in total. The van der Waals surface area contributed by atoms with Crippen LogP contribution in [0.25, 0.3) is 0 Å². The van der Waals surface area contributed by atoms with Gasteiger partial charge in [-0.3, -0.25) is 14.3 Å². The number of alkyl halides is 3. The fourth-order valence-corrected chi connectivity index (χ4v) is 1.98. The van der Waals surface area contributed by atoms with E-state index in [4.69, 9.17) is 9.84 Å². The van der Waals surface area contributed by atoms with E-state index in [2.05, 4.69) is 0 Å². The fraction of sp³-hybridized carbons (Fsp3) is 0.600. The lowest BCUT2D eigenvalue weighted by Gasteiger charge is -2.25. The summed E-state index contributed by atoms with van der Waals surface area (Å²) in [6, 6.07) is 0.793. The molecule has 1 aliphatic rings. The van der Waals surface area contributed by atoms with E-state index < -0.39 is 48.4 Å². The van der Waals surface area contributed by atoms with Crippen molar-refractivity contribution >= 4 is 0 Å². The van der Waals surface area contributed by atoms with E-state index >= 15 is 0 Å². The molecule has 112 valence electrons. The molecule has 0 saturated carbocycles. The Bertz CT molecular complexity index is 609. The molecule has 20 heavy (non-hydrogen) atoms. The second kappa shape index (κ2) is 4.72. The van der Waals surface area contributed by atoms with Gasteiger partial charge in [-0.1, -0.05) is 0 Å². The van der Waals surface area contributed by atoms with Crippen molar-refractivity contribution in [2.24, 2.45) is 0 Å². The van der Waals surface area contributed by atoms with Gasteiger partial charge in [-0.2, -0.15) is 8.78 Å². The lowest BCUT2D eigenvalue weighted by molar-refractivity contribution is -0.148. The minimum atomic E-state index is -4.03. The molecule has 1 aromatic rings. The summed E-state index contributed by atoms with van der Waals surface area (Å²) >= 11 is 0. The zero-order valence-corrected chi connectivity index (χ0v) is 9.92. The molecule has 1 aliphatic heterocycles. The van der Waals surface area contributed by atoms with E-state index in [1.807, 2.05) is 0 Å². The van der Waals surface area contributed by atoms with Gasteiger partial charge in [0.05, 0.1) is 6.61 Å². The topological polar surface area (TPSA) is 105 Å². The first-order chi connectivity index (χ1) is 9.28. The Balaban J connectivity index is 2.52. The van der Waals surface area contributed by atoms with Gasteiger partial charge in [0.25, 0.3) is 5.56 Å². The first-order valence-corrected chi connectivity index (χ1v) is 5.50. The predicted octanol–water partition coefficient (Wildman–Crippen LogP) is -1.24. The molecule has 1 unspecified atom stereocenters. The zero-order valence-electron chi connectivity index (χ0n) is 9.92. The number of aromatic nitrogens is 2. The van der Waals surface area contributed by atoms with Gasteiger partial charge in [-0.25, -0.2) is 9.18 Å². The SMILES string of the molecule is O=c1ccn(C2O[C@@](CO)(CF)[C@@H](O)C2(F)F)c(=O)[nH]1. The second-order valence-electron chi connectivity index (χ2n) is 4.42. The molecule has 10 heteroatoms. The van der Waals surface area contributed by atoms with Crippen LogP contribution in [0.4, 0.5) is 13.2 Å². The van der Waals surface area contributed by atoms with Crippen LogP contribution in [0, 0.1) is 0 Å². The van der Waals surface area contributed by atoms with Crippen LogP contribution >= 0.6 is 0 Å². The van der Waals surface area contributed by atoms with E-state index in [1.165, 1.54) is 0 Å². The van der Waals surface area contributed by atoms with Gasteiger partial charge in [0, 0.05) is 12.3 Å². The normalized spacial score (nSPS) is 32.5. The molecule has 3 atom stereocenters. The Labute approximate surface area is 109 Å². The molecule has 1 saturated heterocycles. The Morgan fingerprint density at radius 3 is 2.55 bits per heavy atom. The van der Waals surface area contributed by atoms with Crippen LogP contribution in [0.2, 0.25) is 0 Å². The number of ether oxygens (including phenoxy) is 1. The van der Waals surface area contributed by atoms with Gasteiger partial charge in [0.2, 0.25) is 6.23 Å². The number of nitrogens with zero attached hydrogens (tertiary/aromatic N) is 1. The van der Waals surface area contributed by atoms with E-state index in [-0.39, 0.29) is 0 Å². The molecular weight excluding hydrogens is 285 g/mol. The Hall–Kier alpha value is -1.65. The molecule has 0 aromatic carbocycles. The molecule has 0 spiro atoms. The standard InChI is InChI=1S/C10H11F3N2O5/c11-3-9(4-16)6(18)10(12,13)7(20-9)15-2-1-5(17)14-8(15)19/h1-2,6-7,16,18H,3-4H2,(H,14,17,19)/t6-,7?,9-/m1/s1. The van der Waals surface area contributed by atoms with Crippen molar-refractivity contribution < 1.29 is 28.1 Å². The number of aliphatic hydroxyl groups excluding tert-OH is 2. The number of halogens is 3. The Morgan fingerprint density at radius 1 is 1.45 bits per heavy atom. The van der Waals surface area contributed by atoms with Gasteiger partial charge < -0.3 is 14.9 Å². The third kappa shape index (κ3) is 1.96. The summed E-state index contributed by atoms with van der Waals surface area (Å²) in [5.41, 5.74) is -4.54. The smallest absolute Gasteiger partial charge is 0.330 e. The van der Waals surface area contributed by atoms with Crippen molar-refractivity contribution in [3.8, 4) is 0 Å². The summed E-state index contributed by atoms with van der Waals surface area (Å²) in [5, 5.41) is 18.5. The molecule has 3 N–H and O–H groups in total. The van der Waals surface area contributed by atoms with Crippen LogP contribution < -0.4 is 11.2 Å². The van der Waals surface area contributed by atoms with Crippen molar-refractivity contribution in [2.75, 3.05) is 13.3 Å². The third-order valence-corrected chi connectivity index (χ3v) is 3.14. The van der Waals surface area contributed by atoms with Crippen molar-refractivity contribution in [3.63, 3.8) is 0 Å². The van der Waals surface area contributed by atoms with Crippen molar-refractivity contribution in [1.29, 1.82) is 0 Å². The van der Waals surface area contributed by atoms with E-state index in [0.717, 1.165) is 12.3 Å². The molecule has 0 bridgehead atoms. The number of hydrogen-bond donors (Lipinski definition) is 3. The average Bonchev–Trinajstić information content (AvgIpc) is 2.60. The predicted molar refractivity (Wildman–Crippen MR) is 58.2 cm³/mol. The van der Waals surface area contributed by atoms with E-state index in [0.29, 0.717) is 4.57 Å². The number of aromatic amines is 1. The third-order valence-electron chi connectivity index (χ3n) is 3.14. The second-order valence-corrected chi connectivity index (χ2v) is 4.42. The summed E-state index contributed by atoms with van der Waals surface area (Å²) in [7, 11) is 0. The van der Waals surface area contributed by atoms with Crippen LogP contribution in [0.5, 0.6) is 0 Å². The largest absolute Gasteiger partial charge is 0.393 e. The molecular formula is C10H11F3N2O5. The average molecular weight is 296 g/mol. The van der Waals surface area contributed by atoms with E-state index in [1.54, 1.807) is 4.98 Å². The van der Waals surface area contributed by atoms with Crippen LogP contribution in [0.1, 0.15) is 6.23 Å². The number of rotatable bonds is 3. The maximum Gasteiger partial charge on any atom is 0.330 e. The summed E-state index contributed by atoms with van der Waals surface area (Å²) in [6.07, 6.45) is -4.25. The molecule has 0 amide bonds. The summed E-state index contributed by atoms with van der Waals surface area (Å²) in [6.45, 7) is -2.77. The maximum atomic E-state index is 13.9. The highest BCUT2D eigenvalue weighted by Gasteiger charge is 2.67. The molecule has 0 aliphatic carbocycles. The van der Waals surface area contributed by atoms with Crippen molar-refractivity contribution in [2.45, 2.75) is 23.9 Å². The number of H-pyrrole nitrogens is 1. The fourth-order valence-electron chi connectivity index (χ4n) is 1.98. The number of aliphatic hydroxyl groups is 2. The summed E-state index contributed by atoms with van der Waals surface area (Å²) in [5.74, 6) is -4.03. The minimum absolute atomic E-state index is 0.317. The van der Waals surface area contributed by atoms with Crippen LogP contribution in [0.3, 0.4) is 0 Å². The van der Waals surface area contributed by atoms with Gasteiger partial charge in [0.1, 0.15) is 6.67 Å². The van der Waals surface area contributed by atoms with Gasteiger partial charge in [-0.05, 0) is 0 Å². The quantitative estimate of drug-likeness (QED) is 0.647. The number of hydrogen-bond acceptors (Lipinski definition) is 5. The minimum Gasteiger partial charge on any atom is -0.393 e. The highest BCUT2D eigenvalue weighted by Crippen LogP contribution is 2.47. The van der Waals surface area contributed by atoms with Crippen molar-refractivity contribution in [1.82, 2.24) is 9.55 Å². The lowest BCUT2D eigenvalue weighted by atomic mass is 9.97. The first kappa shape index (κ1) is 14.8. The molecule has 0 radical (unpaired) electrons. The maximum absolute atomic E-state index is 13.9. The molecule has 2 rings (SSSR count). The Kier molecular flexibility index (Phi) is 3.48. The van der Waals surface area contributed by atoms with Gasteiger partial charge >= 0.3 is 11.6 Å². The monoisotopic (exact) mass is 296 g/mol. The van der Waals surface area contributed by atoms with Gasteiger partial charge in [-0.15, -0.1) is 0 Å². The lowest BCUT2D eigenvalue weighted by Crippen LogP contribution is -2.50. The van der Waals surface area contributed by atoms with Crippen LogP contribution in [-0.2, 0) is 4.74 Å². The Morgan fingerprint density at radius 2 is 2.10 bits per heavy atom. The summed E-state index contributed by atoms with van der Waals surface area (Å²) < 4.78 is 45.8. The van der Waals surface area contributed by atoms with Crippen molar-refractivity contribution in [3.05, 3.63) is 33.1 Å². The molecule has 2 heterocycles. The van der Waals surface area contributed by atoms with E-state index in [9.17, 15) is 27.9 Å². The van der Waals surface area contributed by atoms with Gasteiger partial charge in [0.15, 0.2) is 11.7 Å². The molecule has 1 aromatic heterocycles. The number of nitrogens with one attached hydrogen (secondary N) is 1.